The molecule has 0 aliphatic carbocycles. The molecule has 1 atom stereocenters. The van der Waals surface area contributed by atoms with Crippen molar-refractivity contribution in [1.82, 2.24) is 5.32 Å². The van der Waals surface area contributed by atoms with Crippen LogP contribution >= 0.6 is 0 Å². The maximum atomic E-state index is 11.3. The van der Waals surface area contributed by atoms with E-state index >= 15 is 0 Å². The van der Waals surface area contributed by atoms with Crippen molar-refractivity contribution in [2.24, 2.45) is 0 Å². The van der Waals surface area contributed by atoms with Crippen LogP contribution in [0, 0.1) is 13.8 Å². The SMILES string of the molecule is Cc1cc(O)cc(C)c1-c1ccc(C2CNC(=O)C2)cc1.O=CO. The Morgan fingerprint density at radius 2 is 1.67 bits per heavy atom. The molecule has 1 fully saturated rings. The number of carboxylic acid groups (broad SMARTS) is 1. The molecule has 1 amide bonds. The van der Waals surface area contributed by atoms with Crippen molar-refractivity contribution in [3.63, 3.8) is 0 Å². The van der Waals surface area contributed by atoms with E-state index in [0.717, 1.165) is 23.2 Å². The Kier molecular flexibility index (Phi) is 5.58. The third-order valence-corrected chi connectivity index (χ3v) is 4.17. The predicted octanol–water partition coefficient (Wildman–Crippen LogP) is 2.98. The van der Waals surface area contributed by atoms with Crippen LogP contribution in [0.1, 0.15) is 29.0 Å². The summed E-state index contributed by atoms with van der Waals surface area (Å²) in [7, 11) is 0. The maximum absolute atomic E-state index is 11.3. The van der Waals surface area contributed by atoms with Gasteiger partial charge in [-0.05, 0) is 53.8 Å². The number of carbonyl (C=O) groups is 2. The first-order valence-electron chi connectivity index (χ1n) is 7.71. The minimum atomic E-state index is -0.250. The van der Waals surface area contributed by atoms with Gasteiger partial charge in [-0.1, -0.05) is 24.3 Å². The number of phenols is 1. The topological polar surface area (TPSA) is 86.6 Å². The van der Waals surface area contributed by atoms with Crippen LogP contribution in [0.25, 0.3) is 11.1 Å². The third-order valence-electron chi connectivity index (χ3n) is 4.17. The lowest BCUT2D eigenvalue weighted by atomic mass is 9.92. The second-order valence-corrected chi connectivity index (χ2v) is 5.89. The fourth-order valence-electron chi connectivity index (χ4n) is 3.16. The number of benzene rings is 2. The van der Waals surface area contributed by atoms with Crippen LogP contribution in [0.5, 0.6) is 5.75 Å². The summed E-state index contributed by atoms with van der Waals surface area (Å²) in [5, 5.41) is 19.4. The zero-order chi connectivity index (χ0) is 17.7. The molecule has 1 aliphatic rings. The van der Waals surface area contributed by atoms with Crippen molar-refractivity contribution in [3.8, 4) is 16.9 Å². The molecule has 2 aromatic carbocycles. The summed E-state index contributed by atoms with van der Waals surface area (Å²) in [5.74, 6) is 0.726. The third kappa shape index (κ3) is 3.93. The second kappa shape index (κ2) is 7.64. The van der Waals surface area contributed by atoms with E-state index in [0.29, 0.717) is 12.2 Å². The van der Waals surface area contributed by atoms with Gasteiger partial charge in [-0.25, -0.2) is 0 Å². The highest BCUT2D eigenvalue weighted by Crippen LogP contribution is 2.32. The molecule has 1 saturated heterocycles. The van der Waals surface area contributed by atoms with E-state index in [1.54, 1.807) is 12.1 Å². The molecule has 0 bridgehead atoms. The van der Waals surface area contributed by atoms with Crippen molar-refractivity contribution in [1.29, 1.82) is 0 Å². The highest BCUT2D eigenvalue weighted by atomic mass is 16.3. The normalized spacial score (nSPS) is 16.1. The molecule has 1 unspecified atom stereocenters. The Morgan fingerprint density at radius 3 is 2.12 bits per heavy atom. The Labute approximate surface area is 141 Å². The van der Waals surface area contributed by atoms with E-state index in [1.807, 2.05) is 13.8 Å². The summed E-state index contributed by atoms with van der Waals surface area (Å²) >= 11 is 0. The summed E-state index contributed by atoms with van der Waals surface area (Å²) in [5.41, 5.74) is 5.65. The Hall–Kier alpha value is -2.82. The van der Waals surface area contributed by atoms with Crippen LogP contribution in [0.3, 0.4) is 0 Å². The summed E-state index contributed by atoms with van der Waals surface area (Å²) in [6, 6.07) is 12.0. The monoisotopic (exact) mass is 327 g/mol. The molecule has 0 spiro atoms. The Bertz CT molecular complexity index is 715. The van der Waals surface area contributed by atoms with Gasteiger partial charge >= 0.3 is 0 Å². The van der Waals surface area contributed by atoms with Crippen molar-refractivity contribution >= 4 is 12.4 Å². The van der Waals surface area contributed by atoms with E-state index in [9.17, 15) is 9.90 Å². The first-order valence-corrected chi connectivity index (χ1v) is 7.71. The number of hydrogen-bond acceptors (Lipinski definition) is 3. The fourth-order valence-corrected chi connectivity index (χ4v) is 3.16. The quantitative estimate of drug-likeness (QED) is 0.740. The van der Waals surface area contributed by atoms with Crippen LogP contribution in [0.15, 0.2) is 36.4 Å². The van der Waals surface area contributed by atoms with Gasteiger partial charge in [0, 0.05) is 18.9 Å². The van der Waals surface area contributed by atoms with Crippen LogP contribution in [0.4, 0.5) is 0 Å². The van der Waals surface area contributed by atoms with E-state index in [-0.39, 0.29) is 18.3 Å². The van der Waals surface area contributed by atoms with Gasteiger partial charge in [0.25, 0.3) is 6.47 Å². The first kappa shape index (κ1) is 17.5. The number of carbonyl (C=O) groups excluding carboxylic acids is 1. The lowest BCUT2D eigenvalue weighted by Crippen LogP contribution is -2.13. The first-order chi connectivity index (χ1) is 11.5. The largest absolute Gasteiger partial charge is 0.508 e. The molecule has 0 aromatic heterocycles. The maximum Gasteiger partial charge on any atom is 0.290 e. The van der Waals surface area contributed by atoms with E-state index in [2.05, 4.69) is 29.6 Å². The van der Waals surface area contributed by atoms with Gasteiger partial charge in [-0.3, -0.25) is 9.59 Å². The average molecular weight is 327 g/mol. The van der Waals surface area contributed by atoms with Crippen LogP contribution in [0.2, 0.25) is 0 Å². The second-order valence-electron chi connectivity index (χ2n) is 5.89. The smallest absolute Gasteiger partial charge is 0.290 e. The number of hydrogen-bond donors (Lipinski definition) is 3. The number of nitrogens with one attached hydrogen (secondary N) is 1. The van der Waals surface area contributed by atoms with Gasteiger partial charge in [-0.2, -0.15) is 0 Å². The van der Waals surface area contributed by atoms with Gasteiger partial charge in [0.1, 0.15) is 5.75 Å². The molecular weight excluding hydrogens is 306 g/mol. The molecule has 5 nitrogen and oxygen atoms in total. The van der Waals surface area contributed by atoms with Gasteiger partial charge in [0.05, 0.1) is 0 Å². The van der Waals surface area contributed by atoms with Gasteiger partial charge in [-0.15, -0.1) is 0 Å². The molecular formula is C19H21NO4. The number of rotatable bonds is 2. The average Bonchev–Trinajstić information content (AvgIpc) is 2.94. The van der Waals surface area contributed by atoms with Crippen LogP contribution < -0.4 is 5.32 Å². The molecule has 3 rings (SSSR count). The van der Waals surface area contributed by atoms with Crippen molar-refractivity contribution in [3.05, 3.63) is 53.1 Å². The fraction of sp³-hybridized carbons (Fsp3) is 0.263. The zero-order valence-corrected chi connectivity index (χ0v) is 13.7. The van der Waals surface area contributed by atoms with Crippen molar-refractivity contribution in [2.45, 2.75) is 26.2 Å². The van der Waals surface area contributed by atoms with E-state index in [4.69, 9.17) is 9.90 Å². The number of aromatic hydroxyl groups is 1. The Morgan fingerprint density at radius 1 is 1.12 bits per heavy atom. The number of amides is 1. The highest BCUT2D eigenvalue weighted by molar-refractivity contribution is 5.79. The van der Waals surface area contributed by atoms with Gasteiger partial charge < -0.3 is 15.5 Å². The lowest BCUT2D eigenvalue weighted by molar-refractivity contribution is -0.123. The minimum absolute atomic E-state index is 0.134. The van der Waals surface area contributed by atoms with Crippen molar-refractivity contribution < 1.29 is 19.8 Å². The van der Waals surface area contributed by atoms with Crippen LogP contribution in [-0.4, -0.2) is 29.1 Å². The molecule has 2 aromatic rings. The summed E-state index contributed by atoms with van der Waals surface area (Å²) in [6.45, 7) is 4.50. The standard InChI is InChI=1S/C18H19NO2.CH2O2/c1-11-7-16(20)8-12(2)18(11)14-5-3-13(4-6-14)15-9-17(21)19-10-15;2-1-3/h3-8,15,20H,9-10H2,1-2H3,(H,19,21);1H,(H,2,3). The van der Waals surface area contributed by atoms with E-state index in [1.165, 1.54) is 11.1 Å². The highest BCUT2D eigenvalue weighted by Gasteiger charge is 2.22. The lowest BCUT2D eigenvalue weighted by Gasteiger charge is -2.13. The Balaban J connectivity index is 0.000000647. The number of aryl methyl sites for hydroxylation is 2. The summed E-state index contributed by atoms with van der Waals surface area (Å²) < 4.78 is 0. The summed E-state index contributed by atoms with van der Waals surface area (Å²) in [6.07, 6.45) is 0.580. The van der Waals surface area contributed by atoms with Crippen LogP contribution in [-0.2, 0) is 9.59 Å². The minimum Gasteiger partial charge on any atom is -0.508 e. The summed E-state index contributed by atoms with van der Waals surface area (Å²) in [4.78, 5) is 19.7. The van der Waals surface area contributed by atoms with E-state index < -0.39 is 0 Å². The van der Waals surface area contributed by atoms with Gasteiger partial charge in [0.2, 0.25) is 5.91 Å². The molecule has 0 saturated carbocycles. The number of phenolic OH excluding ortho intramolecular Hbond substituents is 1. The molecule has 3 N–H and O–H groups in total. The molecule has 5 heteroatoms. The van der Waals surface area contributed by atoms with Crippen molar-refractivity contribution in [2.75, 3.05) is 6.54 Å². The molecule has 0 radical (unpaired) electrons. The zero-order valence-electron chi connectivity index (χ0n) is 13.7. The molecule has 1 heterocycles. The molecule has 24 heavy (non-hydrogen) atoms. The predicted molar refractivity (Wildman–Crippen MR) is 92.1 cm³/mol. The molecule has 126 valence electrons. The van der Waals surface area contributed by atoms with Gasteiger partial charge in [0.15, 0.2) is 0 Å². The molecule has 1 aliphatic heterocycles.